The van der Waals surface area contributed by atoms with Crippen LogP contribution in [0.5, 0.6) is 0 Å². The van der Waals surface area contributed by atoms with Crippen LogP contribution in [0.4, 0.5) is 0 Å². The number of amides is 2. The first-order valence-corrected chi connectivity index (χ1v) is 6.64. The molecule has 2 aliphatic rings. The molecule has 2 amide bonds. The largest absolute Gasteiger partial charge is 0.300 e. The van der Waals surface area contributed by atoms with E-state index in [0.29, 0.717) is 6.42 Å². The zero-order valence-corrected chi connectivity index (χ0v) is 11.0. The SMILES string of the molecule is CCC(CC)N1C(=O)CC(NC2(C)CC2)C1=O. The van der Waals surface area contributed by atoms with Gasteiger partial charge in [0.2, 0.25) is 11.8 Å². The van der Waals surface area contributed by atoms with Gasteiger partial charge in [-0.05, 0) is 32.6 Å². The van der Waals surface area contributed by atoms with E-state index in [0.717, 1.165) is 25.7 Å². The summed E-state index contributed by atoms with van der Waals surface area (Å²) >= 11 is 0. The lowest BCUT2D eigenvalue weighted by Gasteiger charge is -2.25. The van der Waals surface area contributed by atoms with E-state index in [4.69, 9.17) is 0 Å². The summed E-state index contributed by atoms with van der Waals surface area (Å²) in [5.74, 6) is -0.0257. The summed E-state index contributed by atoms with van der Waals surface area (Å²) in [6.07, 6.45) is 4.24. The number of nitrogens with zero attached hydrogens (tertiary/aromatic N) is 1. The van der Waals surface area contributed by atoms with Crippen LogP contribution in [0, 0.1) is 0 Å². The van der Waals surface area contributed by atoms with Crippen LogP contribution in [-0.4, -0.2) is 34.3 Å². The number of carbonyl (C=O) groups is 2. The summed E-state index contributed by atoms with van der Waals surface area (Å²) in [7, 11) is 0. The summed E-state index contributed by atoms with van der Waals surface area (Å²) in [6, 6.07) is -0.204. The maximum atomic E-state index is 12.2. The highest BCUT2D eigenvalue weighted by molar-refractivity contribution is 6.05. The van der Waals surface area contributed by atoms with Crippen molar-refractivity contribution >= 4 is 11.8 Å². The van der Waals surface area contributed by atoms with Gasteiger partial charge in [0.05, 0.1) is 12.5 Å². The molecule has 4 nitrogen and oxygen atoms in total. The van der Waals surface area contributed by atoms with Crippen LogP contribution in [0.25, 0.3) is 0 Å². The number of hydrogen-bond donors (Lipinski definition) is 1. The molecule has 1 saturated carbocycles. The van der Waals surface area contributed by atoms with Crippen LogP contribution in [-0.2, 0) is 9.59 Å². The van der Waals surface area contributed by atoms with Gasteiger partial charge in [-0.3, -0.25) is 14.5 Å². The molecule has 1 heterocycles. The molecule has 1 N–H and O–H groups in total. The Hall–Kier alpha value is -0.900. The quantitative estimate of drug-likeness (QED) is 0.737. The van der Waals surface area contributed by atoms with Gasteiger partial charge in [-0.15, -0.1) is 0 Å². The van der Waals surface area contributed by atoms with Gasteiger partial charge in [0.25, 0.3) is 0 Å². The second-order valence-corrected chi connectivity index (χ2v) is 5.53. The molecule has 4 heteroatoms. The molecular formula is C13H22N2O2. The molecule has 2 fully saturated rings. The fourth-order valence-electron chi connectivity index (χ4n) is 2.55. The van der Waals surface area contributed by atoms with Gasteiger partial charge in [-0.25, -0.2) is 0 Å². The Labute approximate surface area is 103 Å². The normalized spacial score (nSPS) is 27.1. The molecule has 0 aromatic carbocycles. The first-order chi connectivity index (χ1) is 8.00. The minimum absolute atomic E-state index is 0.00884. The average molecular weight is 238 g/mol. The molecule has 0 aromatic rings. The van der Waals surface area contributed by atoms with Gasteiger partial charge in [0.1, 0.15) is 0 Å². The number of nitrogens with one attached hydrogen (secondary N) is 1. The number of imide groups is 1. The van der Waals surface area contributed by atoms with Crippen molar-refractivity contribution in [2.45, 2.75) is 70.5 Å². The van der Waals surface area contributed by atoms with Crippen LogP contribution in [0.2, 0.25) is 0 Å². The molecule has 96 valence electrons. The third-order valence-corrected chi connectivity index (χ3v) is 4.01. The number of likely N-dealkylation sites (tertiary alicyclic amines) is 1. The van der Waals surface area contributed by atoms with Crippen molar-refractivity contribution in [2.75, 3.05) is 0 Å². The summed E-state index contributed by atoms with van der Waals surface area (Å²) in [4.78, 5) is 25.6. The highest BCUT2D eigenvalue weighted by atomic mass is 16.2. The summed E-state index contributed by atoms with van der Waals surface area (Å²) < 4.78 is 0. The summed E-state index contributed by atoms with van der Waals surface area (Å²) in [6.45, 7) is 6.17. The Morgan fingerprint density at radius 2 is 1.94 bits per heavy atom. The predicted molar refractivity (Wildman–Crippen MR) is 65.4 cm³/mol. The van der Waals surface area contributed by atoms with Crippen LogP contribution in [0.15, 0.2) is 0 Å². The van der Waals surface area contributed by atoms with Crippen LogP contribution in [0.3, 0.4) is 0 Å². The van der Waals surface area contributed by atoms with E-state index in [9.17, 15) is 9.59 Å². The fourth-order valence-corrected chi connectivity index (χ4v) is 2.55. The van der Waals surface area contributed by atoms with E-state index in [-0.39, 0.29) is 29.4 Å². The molecule has 2 rings (SSSR count). The van der Waals surface area contributed by atoms with Crippen molar-refractivity contribution in [3.8, 4) is 0 Å². The Bertz CT molecular complexity index is 332. The minimum atomic E-state index is -0.282. The second kappa shape index (κ2) is 4.41. The van der Waals surface area contributed by atoms with Crippen LogP contribution >= 0.6 is 0 Å². The maximum Gasteiger partial charge on any atom is 0.247 e. The Kier molecular flexibility index (Phi) is 3.25. The third kappa shape index (κ3) is 2.37. The van der Waals surface area contributed by atoms with E-state index >= 15 is 0 Å². The van der Waals surface area contributed by atoms with Crippen molar-refractivity contribution in [1.82, 2.24) is 10.2 Å². The molecule has 1 unspecified atom stereocenters. The van der Waals surface area contributed by atoms with Crippen molar-refractivity contribution in [2.24, 2.45) is 0 Å². The second-order valence-electron chi connectivity index (χ2n) is 5.53. The van der Waals surface area contributed by atoms with Gasteiger partial charge in [-0.1, -0.05) is 13.8 Å². The molecule has 0 bridgehead atoms. The van der Waals surface area contributed by atoms with E-state index in [2.05, 4.69) is 12.2 Å². The minimum Gasteiger partial charge on any atom is -0.300 e. The first-order valence-electron chi connectivity index (χ1n) is 6.64. The van der Waals surface area contributed by atoms with Gasteiger partial charge in [0, 0.05) is 11.6 Å². The average Bonchev–Trinajstić information content (AvgIpc) is 2.95. The smallest absolute Gasteiger partial charge is 0.247 e. The molecule has 1 aliphatic carbocycles. The molecule has 1 aliphatic heterocycles. The van der Waals surface area contributed by atoms with Crippen molar-refractivity contribution in [3.05, 3.63) is 0 Å². The van der Waals surface area contributed by atoms with Crippen LogP contribution < -0.4 is 5.32 Å². The van der Waals surface area contributed by atoms with Crippen molar-refractivity contribution < 1.29 is 9.59 Å². The molecule has 0 aromatic heterocycles. The van der Waals surface area contributed by atoms with Gasteiger partial charge in [0.15, 0.2) is 0 Å². The van der Waals surface area contributed by atoms with E-state index < -0.39 is 0 Å². The number of hydrogen-bond acceptors (Lipinski definition) is 3. The van der Waals surface area contributed by atoms with E-state index in [1.165, 1.54) is 4.90 Å². The third-order valence-electron chi connectivity index (χ3n) is 4.01. The van der Waals surface area contributed by atoms with Crippen molar-refractivity contribution in [1.29, 1.82) is 0 Å². The Morgan fingerprint density at radius 1 is 1.35 bits per heavy atom. The zero-order valence-electron chi connectivity index (χ0n) is 11.0. The van der Waals surface area contributed by atoms with Gasteiger partial charge < -0.3 is 5.32 Å². The van der Waals surface area contributed by atoms with Crippen LogP contribution in [0.1, 0.15) is 52.9 Å². The fraction of sp³-hybridized carbons (Fsp3) is 0.846. The molecule has 1 saturated heterocycles. The van der Waals surface area contributed by atoms with Gasteiger partial charge in [-0.2, -0.15) is 0 Å². The first kappa shape index (κ1) is 12.6. The topological polar surface area (TPSA) is 49.4 Å². The van der Waals surface area contributed by atoms with E-state index in [1.54, 1.807) is 0 Å². The molecule has 0 spiro atoms. The molecule has 0 radical (unpaired) electrons. The Balaban J connectivity index is 2.05. The number of carbonyl (C=O) groups excluding carboxylic acids is 2. The monoisotopic (exact) mass is 238 g/mol. The predicted octanol–water partition coefficient (Wildman–Crippen LogP) is 1.44. The molecule has 1 atom stereocenters. The zero-order chi connectivity index (χ0) is 12.6. The highest BCUT2D eigenvalue weighted by Gasteiger charge is 2.47. The summed E-state index contributed by atoms with van der Waals surface area (Å²) in [5, 5.41) is 3.33. The highest BCUT2D eigenvalue weighted by Crippen LogP contribution is 2.36. The maximum absolute atomic E-state index is 12.2. The number of rotatable bonds is 5. The van der Waals surface area contributed by atoms with E-state index in [1.807, 2.05) is 13.8 Å². The summed E-state index contributed by atoms with van der Waals surface area (Å²) in [5.41, 5.74) is 0.102. The molecule has 17 heavy (non-hydrogen) atoms. The molecular weight excluding hydrogens is 216 g/mol. The standard InChI is InChI=1S/C13H22N2O2/c1-4-9(5-2)15-11(16)8-10(12(15)17)14-13(3)6-7-13/h9-10,14H,4-8H2,1-3H3. The Morgan fingerprint density at radius 3 is 2.41 bits per heavy atom. The van der Waals surface area contributed by atoms with Gasteiger partial charge >= 0.3 is 0 Å². The van der Waals surface area contributed by atoms with Crippen molar-refractivity contribution in [3.63, 3.8) is 0 Å². The lowest BCUT2D eigenvalue weighted by molar-refractivity contribution is -0.141. The lowest BCUT2D eigenvalue weighted by atomic mass is 10.1. The lowest BCUT2D eigenvalue weighted by Crippen LogP contribution is -2.46.